The number of hydrogen-bond acceptors (Lipinski definition) is 2. The fourth-order valence-corrected chi connectivity index (χ4v) is 3.40. The molecule has 4 heteroatoms. The van der Waals surface area contributed by atoms with Gasteiger partial charge in [0.25, 0.3) is 5.91 Å². The second-order valence-corrected chi connectivity index (χ2v) is 6.94. The Morgan fingerprint density at radius 3 is 2.54 bits per heavy atom. The van der Waals surface area contributed by atoms with Crippen LogP contribution in [0.4, 0.5) is 0 Å². The van der Waals surface area contributed by atoms with Gasteiger partial charge < -0.3 is 5.32 Å². The number of amides is 1. The summed E-state index contributed by atoms with van der Waals surface area (Å²) >= 11 is 0. The van der Waals surface area contributed by atoms with E-state index in [-0.39, 0.29) is 5.91 Å². The molecule has 4 rings (SSSR count). The van der Waals surface area contributed by atoms with Gasteiger partial charge in [-0.05, 0) is 31.5 Å². The Morgan fingerprint density at radius 2 is 1.79 bits per heavy atom. The van der Waals surface area contributed by atoms with Gasteiger partial charge in [0, 0.05) is 29.1 Å². The number of aryl methyl sites for hydroxylation is 1. The van der Waals surface area contributed by atoms with Crippen LogP contribution in [0.25, 0.3) is 22.2 Å². The van der Waals surface area contributed by atoms with Crippen molar-refractivity contribution < 1.29 is 9.78 Å². The number of carbonyl (C=O) groups excluding carboxylic acids is 1. The Bertz CT molecular complexity index is 1140. The average Bonchev–Trinajstić information content (AvgIpc) is 2.73. The van der Waals surface area contributed by atoms with Gasteiger partial charge in [0.05, 0.1) is 16.8 Å². The molecule has 0 saturated carbocycles. The van der Waals surface area contributed by atoms with Crippen molar-refractivity contribution in [2.75, 3.05) is 0 Å². The van der Waals surface area contributed by atoms with Crippen molar-refractivity contribution >= 4 is 16.8 Å². The summed E-state index contributed by atoms with van der Waals surface area (Å²) < 4.78 is 0. The van der Waals surface area contributed by atoms with Gasteiger partial charge in [-0.3, -0.25) is 4.79 Å². The van der Waals surface area contributed by atoms with E-state index in [0.29, 0.717) is 12.1 Å². The summed E-state index contributed by atoms with van der Waals surface area (Å²) in [4.78, 5) is 21.0. The Hall–Kier alpha value is -3.53. The largest absolute Gasteiger partial charge is 0.348 e. The maximum Gasteiger partial charge on any atom is 0.252 e. The van der Waals surface area contributed by atoms with Gasteiger partial charge >= 0.3 is 0 Å². The summed E-state index contributed by atoms with van der Waals surface area (Å²) in [5, 5.41) is 3.92. The van der Waals surface area contributed by atoms with Crippen molar-refractivity contribution in [3.63, 3.8) is 0 Å². The van der Waals surface area contributed by atoms with E-state index in [2.05, 4.69) is 41.5 Å². The molecule has 0 saturated heterocycles. The molecule has 2 aromatic carbocycles. The Labute approximate surface area is 164 Å². The zero-order valence-electron chi connectivity index (χ0n) is 16.0. The number of aromatic nitrogens is 2. The lowest BCUT2D eigenvalue weighted by molar-refractivity contribution is -0.378. The summed E-state index contributed by atoms with van der Waals surface area (Å²) in [5.41, 5.74) is 6.46. The molecule has 0 fully saturated rings. The quantitative estimate of drug-likeness (QED) is 0.585. The molecule has 0 atom stereocenters. The van der Waals surface area contributed by atoms with Crippen LogP contribution in [0.3, 0.4) is 0 Å². The van der Waals surface area contributed by atoms with Crippen molar-refractivity contribution in [1.82, 2.24) is 10.3 Å². The summed E-state index contributed by atoms with van der Waals surface area (Å²) in [7, 11) is 0. The van der Waals surface area contributed by atoms with E-state index in [1.807, 2.05) is 55.7 Å². The van der Waals surface area contributed by atoms with Crippen LogP contribution < -0.4 is 10.3 Å². The molecule has 2 heterocycles. The molecule has 1 amide bonds. The molecule has 0 radical (unpaired) electrons. The fourth-order valence-electron chi connectivity index (χ4n) is 3.40. The third-order valence-corrected chi connectivity index (χ3v) is 4.91. The molecule has 28 heavy (non-hydrogen) atoms. The van der Waals surface area contributed by atoms with Crippen LogP contribution in [0.5, 0.6) is 0 Å². The number of carbonyl (C=O) groups is 1. The highest BCUT2D eigenvalue weighted by Crippen LogP contribution is 2.29. The Kier molecular flexibility index (Phi) is 4.85. The van der Waals surface area contributed by atoms with Crippen molar-refractivity contribution in [3.05, 3.63) is 95.3 Å². The summed E-state index contributed by atoms with van der Waals surface area (Å²) in [6.45, 7) is 4.50. The number of fused-ring (bicyclic) bond motifs is 1. The van der Waals surface area contributed by atoms with Gasteiger partial charge in [-0.25, -0.2) is 9.97 Å². The second kappa shape index (κ2) is 7.61. The highest BCUT2D eigenvalue weighted by Gasteiger charge is 2.18. The lowest BCUT2D eigenvalue weighted by Gasteiger charge is -2.15. The van der Waals surface area contributed by atoms with E-state index in [1.54, 1.807) is 0 Å². The molecular formula is C24H22N3O+. The normalized spacial score (nSPS) is 10.8. The minimum atomic E-state index is -0.0895. The van der Waals surface area contributed by atoms with Crippen LogP contribution in [-0.4, -0.2) is 10.9 Å². The highest BCUT2D eigenvalue weighted by atomic mass is 16.1. The number of pyridine rings is 2. The molecule has 4 nitrogen and oxygen atoms in total. The SMILES string of the molecule is Cc1ccc(-c2nc3ccccc3c(C(=O)NCc3ccc[nH+]c3)c2C)cc1. The van der Waals surface area contributed by atoms with Crippen molar-refractivity contribution in [2.24, 2.45) is 0 Å². The minimum absolute atomic E-state index is 0.0895. The van der Waals surface area contributed by atoms with Gasteiger partial charge in [0.1, 0.15) is 0 Å². The molecule has 2 N–H and O–H groups in total. The molecular weight excluding hydrogens is 346 g/mol. The first-order chi connectivity index (χ1) is 13.6. The standard InChI is InChI=1S/C24H21N3O/c1-16-9-11-19(12-10-16)23-17(2)22(20-7-3-4-8-21(20)27-23)24(28)26-15-18-6-5-13-25-14-18/h3-14H,15H2,1-2H3,(H,26,28)/p+1. The zero-order chi connectivity index (χ0) is 19.5. The topological polar surface area (TPSA) is 56.1 Å². The lowest BCUT2D eigenvalue weighted by atomic mass is 9.96. The van der Waals surface area contributed by atoms with Crippen molar-refractivity contribution in [3.8, 4) is 11.3 Å². The lowest BCUT2D eigenvalue weighted by Crippen LogP contribution is -2.25. The number of aromatic amines is 1. The molecule has 2 aromatic heterocycles. The van der Waals surface area contributed by atoms with Gasteiger partial charge in [-0.15, -0.1) is 0 Å². The summed E-state index contributed by atoms with van der Waals surface area (Å²) in [6, 6.07) is 19.9. The molecule has 4 aromatic rings. The van der Waals surface area contributed by atoms with Gasteiger partial charge in [0.2, 0.25) is 0 Å². The molecule has 138 valence electrons. The summed E-state index contributed by atoms with van der Waals surface area (Å²) in [6.07, 6.45) is 3.73. The number of nitrogens with zero attached hydrogens (tertiary/aromatic N) is 1. The predicted octanol–water partition coefficient (Wildman–Crippen LogP) is 4.26. The van der Waals surface area contributed by atoms with Gasteiger partial charge in [-0.1, -0.05) is 48.0 Å². The van der Waals surface area contributed by atoms with Crippen LogP contribution in [-0.2, 0) is 6.54 Å². The first-order valence-corrected chi connectivity index (χ1v) is 9.33. The number of para-hydroxylation sites is 1. The molecule has 0 spiro atoms. The van der Waals surface area contributed by atoms with E-state index in [1.165, 1.54) is 5.56 Å². The number of hydrogen-bond donors (Lipinski definition) is 1. The monoisotopic (exact) mass is 368 g/mol. The highest BCUT2D eigenvalue weighted by molar-refractivity contribution is 6.08. The van der Waals surface area contributed by atoms with Crippen LogP contribution >= 0.6 is 0 Å². The smallest absolute Gasteiger partial charge is 0.252 e. The Balaban J connectivity index is 1.78. The van der Waals surface area contributed by atoms with Crippen LogP contribution in [0.1, 0.15) is 27.0 Å². The first-order valence-electron chi connectivity index (χ1n) is 9.33. The van der Waals surface area contributed by atoms with E-state index in [9.17, 15) is 4.79 Å². The molecule has 0 unspecified atom stereocenters. The zero-order valence-corrected chi connectivity index (χ0v) is 16.0. The average molecular weight is 368 g/mol. The van der Waals surface area contributed by atoms with E-state index >= 15 is 0 Å². The number of benzene rings is 2. The van der Waals surface area contributed by atoms with E-state index < -0.39 is 0 Å². The minimum Gasteiger partial charge on any atom is -0.348 e. The van der Waals surface area contributed by atoms with Crippen molar-refractivity contribution in [1.29, 1.82) is 0 Å². The molecule has 0 aliphatic rings. The van der Waals surface area contributed by atoms with Crippen LogP contribution in [0.2, 0.25) is 0 Å². The van der Waals surface area contributed by atoms with Crippen molar-refractivity contribution in [2.45, 2.75) is 20.4 Å². The maximum atomic E-state index is 13.1. The van der Waals surface area contributed by atoms with E-state index in [4.69, 9.17) is 4.98 Å². The first kappa shape index (κ1) is 17.9. The van der Waals surface area contributed by atoms with E-state index in [0.717, 1.165) is 33.3 Å². The van der Waals surface area contributed by atoms with Gasteiger partial charge in [0.15, 0.2) is 12.4 Å². The number of H-pyrrole nitrogens is 1. The molecule has 0 aliphatic carbocycles. The third kappa shape index (κ3) is 3.49. The third-order valence-electron chi connectivity index (χ3n) is 4.91. The molecule has 0 bridgehead atoms. The Morgan fingerprint density at radius 1 is 1.00 bits per heavy atom. The second-order valence-electron chi connectivity index (χ2n) is 6.94. The van der Waals surface area contributed by atoms with Crippen LogP contribution in [0, 0.1) is 13.8 Å². The summed E-state index contributed by atoms with van der Waals surface area (Å²) in [5.74, 6) is -0.0895. The maximum absolute atomic E-state index is 13.1. The fraction of sp³-hybridized carbons (Fsp3) is 0.125. The van der Waals surface area contributed by atoms with Crippen LogP contribution in [0.15, 0.2) is 73.1 Å². The number of nitrogens with one attached hydrogen (secondary N) is 2. The number of rotatable bonds is 4. The predicted molar refractivity (Wildman–Crippen MR) is 111 cm³/mol. The van der Waals surface area contributed by atoms with Gasteiger partial charge in [-0.2, -0.15) is 0 Å². The molecule has 0 aliphatic heterocycles.